The van der Waals surface area contributed by atoms with Gasteiger partial charge in [-0.05, 0) is 47.4 Å². The summed E-state index contributed by atoms with van der Waals surface area (Å²) in [7, 11) is 0. The van der Waals surface area contributed by atoms with E-state index in [1.807, 2.05) is 53.4 Å². The summed E-state index contributed by atoms with van der Waals surface area (Å²) in [4.78, 5) is 18.1. The van der Waals surface area contributed by atoms with Crippen LogP contribution in [0.25, 0.3) is 11.1 Å². The number of urea groups is 1. The van der Waals surface area contributed by atoms with Gasteiger partial charge in [-0.3, -0.25) is 4.90 Å². The van der Waals surface area contributed by atoms with Crippen LogP contribution in [0.4, 0.5) is 10.5 Å². The minimum absolute atomic E-state index is 0.113. The third-order valence-electron chi connectivity index (χ3n) is 7.52. The van der Waals surface area contributed by atoms with Crippen molar-refractivity contribution in [2.45, 2.75) is 12.3 Å². The zero-order valence-electron chi connectivity index (χ0n) is 23.0. The van der Waals surface area contributed by atoms with Gasteiger partial charge >= 0.3 is 6.03 Å². The molecule has 5 nitrogen and oxygen atoms in total. The Morgan fingerprint density at radius 2 is 1.51 bits per heavy atom. The second kappa shape index (κ2) is 14.5. The summed E-state index contributed by atoms with van der Waals surface area (Å²) in [5, 5.41) is 4.31. The zero-order chi connectivity index (χ0) is 28.4. The highest BCUT2D eigenvalue weighted by Crippen LogP contribution is 2.32. The summed E-state index contributed by atoms with van der Waals surface area (Å²) in [6.07, 6.45) is 0.810. The minimum Gasteiger partial charge on any atom is -0.379 e. The van der Waals surface area contributed by atoms with Crippen molar-refractivity contribution < 1.29 is 9.53 Å². The van der Waals surface area contributed by atoms with Gasteiger partial charge in [-0.1, -0.05) is 102 Å². The smallest absolute Gasteiger partial charge is 0.321 e. The number of benzene rings is 4. The van der Waals surface area contributed by atoms with E-state index in [4.69, 9.17) is 27.9 Å². The van der Waals surface area contributed by atoms with Crippen LogP contribution in [0.5, 0.6) is 0 Å². The first-order valence-corrected chi connectivity index (χ1v) is 14.8. The molecule has 0 saturated carbocycles. The van der Waals surface area contributed by atoms with E-state index in [0.29, 0.717) is 23.1 Å². The van der Waals surface area contributed by atoms with Gasteiger partial charge in [0.25, 0.3) is 0 Å². The molecule has 0 aliphatic carbocycles. The molecule has 1 aliphatic rings. The van der Waals surface area contributed by atoms with Crippen molar-refractivity contribution in [3.63, 3.8) is 0 Å². The van der Waals surface area contributed by atoms with Gasteiger partial charge in [0.15, 0.2) is 0 Å². The Hall–Kier alpha value is -3.35. The first-order valence-electron chi connectivity index (χ1n) is 14.1. The quantitative estimate of drug-likeness (QED) is 0.204. The highest BCUT2D eigenvalue weighted by Gasteiger charge is 2.21. The number of amides is 2. The van der Waals surface area contributed by atoms with Crippen LogP contribution in [0.1, 0.15) is 23.5 Å². The van der Waals surface area contributed by atoms with Gasteiger partial charge in [0.2, 0.25) is 0 Å². The lowest BCUT2D eigenvalue weighted by Crippen LogP contribution is -2.44. The van der Waals surface area contributed by atoms with E-state index in [1.54, 1.807) is 6.07 Å². The molecule has 212 valence electrons. The van der Waals surface area contributed by atoms with E-state index in [9.17, 15) is 4.79 Å². The molecule has 0 bridgehead atoms. The Morgan fingerprint density at radius 3 is 2.17 bits per heavy atom. The molecule has 2 amide bonds. The molecule has 4 aromatic rings. The molecule has 1 fully saturated rings. The second-order valence-electron chi connectivity index (χ2n) is 10.2. The molecule has 41 heavy (non-hydrogen) atoms. The summed E-state index contributed by atoms with van der Waals surface area (Å²) in [6, 6.07) is 34.2. The number of nitrogens with zero attached hydrogens (tertiary/aromatic N) is 2. The molecule has 0 atom stereocenters. The molecule has 1 aliphatic heterocycles. The third kappa shape index (κ3) is 8.11. The molecule has 7 heteroatoms. The molecule has 1 saturated heterocycles. The fraction of sp³-hybridized carbons (Fsp3) is 0.265. The largest absolute Gasteiger partial charge is 0.379 e. The number of hydrogen-bond donors (Lipinski definition) is 1. The van der Waals surface area contributed by atoms with Crippen LogP contribution in [0.3, 0.4) is 0 Å². The van der Waals surface area contributed by atoms with E-state index in [-0.39, 0.29) is 11.9 Å². The van der Waals surface area contributed by atoms with Crippen LogP contribution in [-0.2, 0) is 4.74 Å². The first-order chi connectivity index (χ1) is 20.1. The van der Waals surface area contributed by atoms with Crippen molar-refractivity contribution >= 4 is 34.9 Å². The molecule has 1 N–H and O–H groups in total. The standard InChI is InChI=1S/C34H35Cl2N3O2/c35-29-14-15-32(33(36)25-29)28-12-7-13-30(24-28)37-34(40)39(19-18-38-20-22-41-23-21-38)17-16-31(26-8-3-1-4-9-26)27-10-5-2-6-11-27/h1-15,24-25,31H,16-23H2,(H,37,40). The monoisotopic (exact) mass is 587 g/mol. The average Bonchev–Trinajstić information content (AvgIpc) is 3.00. The second-order valence-corrected chi connectivity index (χ2v) is 11.1. The van der Waals surface area contributed by atoms with Gasteiger partial charge in [-0.2, -0.15) is 0 Å². The Labute approximate surface area is 252 Å². The number of carbonyl (C=O) groups excluding carboxylic acids is 1. The first kappa shape index (κ1) is 29.2. The number of carbonyl (C=O) groups is 1. The molecule has 1 heterocycles. The number of hydrogen-bond acceptors (Lipinski definition) is 3. The Bertz CT molecular complexity index is 1370. The lowest BCUT2D eigenvalue weighted by molar-refractivity contribution is 0.0351. The maximum atomic E-state index is 13.8. The minimum atomic E-state index is -0.113. The zero-order valence-corrected chi connectivity index (χ0v) is 24.5. The summed E-state index contributed by atoms with van der Waals surface area (Å²) in [5.41, 5.74) is 5.00. The van der Waals surface area contributed by atoms with Gasteiger partial charge in [0, 0.05) is 59.9 Å². The topological polar surface area (TPSA) is 44.8 Å². The number of nitrogens with one attached hydrogen (secondary N) is 1. The van der Waals surface area contributed by atoms with Crippen molar-refractivity contribution in [3.05, 3.63) is 124 Å². The Kier molecular flexibility index (Phi) is 10.3. The normalized spacial score (nSPS) is 13.7. The highest BCUT2D eigenvalue weighted by molar-refractivity contribution is 6.36. The number of morpholine rings is 1. The third-order valence-corrected chi connectivity index (χ3v) is 8.07. The lowest BCUT2D eigenvalue weighted by atomic mass is 9.88. The van der Waals surface area contributed by atoms with Crippen molar-refractivity contribution in [1.82, 2.24) is 9.80 Å². The van der Waals surface area contributed by atoms with Crippen LogP contribution >= 0.6 is 23.2 Å². The maximum Gasteiger partial charge on any atom is 0.321 e. The van der Waals surface area contributed by atoms with Gasteiger partial charge in [0.1, 0.15) is 0 Å². The maximum absolute atomic E-state index is 13.8. The predicted octanol–water partition coefficient (Wildman–Crippen LogP) is 8.05. The number of halogens is 2. The molecule has 0 unspecified atom stereocenters. The molecule has 0 radical (unpaired) electrons. The molecule has 5 rings (SSSR count). The average molecular weight is 589 g/mol. The van der Waals surface area contributed by atoms with Gasteiger partial charge < -0.3 is 15.0 Å². The molecular formula is C34H35Cl2N3O2. The van der Waals surface area contributed by atoms with Crippen molar-refractivity contribution in [2.75, 3.05) is 51.3 Å². The van der Waals surface area contributed by atoms with E-state index in [1.165, 1.54) is 11.1 Å². The van der Waals surface area contributed by atoms with Crippen molar-refractivity contribution in [3.8, 4) is 11.1 Å². The van der Waals surface area contributed by atoms with Crippen LogP contribution in [0.2, 0.25) is 10.0 Å². The summed E-state index contributed by atoms with van der Waals surface area (Å²) >= 11 is 12.6. The van der Waals surface area contributed by atoms with E-state index in [0.717, 1.165) is 56.1 Å². The summed E-state index contributed by atoms with van der Waals surface area (Å²) < 4.78 is 5.52. The SMILES string of the molecule is O=C(Nc1cccc(-c2ccc(Cl)cc2Cl)c1)N(CCC(c1ccccc1)c1ccccc1)CCN1CCOCC1. The van der Waals surface area contributed by atoms with Gasteiger partial charge in [-0.15, -0.1) is 0 Å². The fourth-order valence-electron chi connectivity index (χ4n) is 5.27. The number of ether oxygens (including phenoxy) is 1. The van der Waals surface area contributed by atoms with Crippen LogP contribution in [-0.4, -0.2) is 61.8 Å². The molecule has 0 aromatic heterocycles. The van der Waals surface area contributed by atoms with Gasteiger partial charge in [-0.25, -0.2) is 4.79 Å². The van der Waals surface area contributed by atoms with E-state index >= 15 is 0 Å². The van der Waals surface area contributed by atoms with Crippen LogP contribution in [0, 0.1) is 0 Å². The lowest BCUT2D eigenvalue weighted by Gasteiger charge is -2.31. The number of rotatable bonds is 10. The van der Waals surface area contributed by atoms with Gasteiger partial charge in [0.05, 0.1) is 13.2 Å². The summed E-state index contributed by atoms with van der Waals surface area (Å²) in [5.74, 6) is 0.187. The molecule has 0 spiro atoms. The van der Waals surface area contributed by atoms with Crippen molar-refractivity contribution in [1.29, 1.82) is 0 Å². The highest BCUT2D eigenvalue weighted by atomic mass is 35.5. The number of anilines is 1. The van der Waals surface area contributed by atoms with Crippen LogP contribution in [0.15, 0.2) is 103 Å². The summed E-state index contributed by atoms with van der Waals surface area (Å²) in [6.45, 7) is 5.29. The Morgan fingerprint density at radius 1 is 0.829 bits per heavy atom. The predicted molar refractivity (Wildman–Crippen MR) is 169 cm³/mol. The van der Waals surface area contributed by atoms with E-state index in [2.05, 4.69) is 58.7 Å². The Balaban J connectivity index is 1.34. The van der Waals surface area contributed by atoms with E-state index < -0.39 is 0 Å². The molecular weight excluding hydrogens is 553 g/mol. The molecule has 4 aromatic carbocycles. The van der Waals surface area contributed by atoms with Crippen LogP contribution < -0.4 is 5.32 Å². The van der Waals surface area contributed by atoms with Crippen molar-refractivity contribution in [2.24, 2.45) is 0 Å². The fourth-order valence-corrected chi connectivity index (χ4v) is 5.79.